The molecular weight excluding hydrogens is 341 g/mol. The number of anilines is 1. The van der Waals surface area contributed by atoms with Crippen LogP contribution in [0.25, 0.3) is 11.0 Å². The number of aromatic amines is 1. The maximum atomic E-state index is 13.1. The lowest BCUT2D eigenvalue weighted by Crippen LogP contribution is -2.20. The van der Waals surface area contributed by atoms with E-state index >= 15 is 0 Å². The molecule has 142 valence electrons. The lowest BCUT2D eigenvalue weighted by Gasteiger charge is -2.19. The van der Waals surface area contributed by atoms with Crippen molar-refractivity contribution in [3.8, 4) is 0 Å². The lowest BCUT2D eigenvalue weighted by atomic mass is 9.92. The second-order valence-electron chi connectivity index (χ2n) is 8.36. The van der Waals surface area contributed by atoms with Gasteiger partial charge in [0.05, 0.1) is 11.0 Å². The zero-order valence-corrected chi connectivity index (χ0v) is 16.5. The first-order valence-corrected chi connectivity index (χ1v) is 9.15. The third-order valence-corrected chi connectivity index (χ3v) is 4.51. The molecule has 1 heterocycles. The van der Waals surface area contributed by atoms with Gasteiger partial charge in [-0.1, -0.05) is 32.9 Å². The molecule has 0 aliphatic carbocycles. The molecule has 1 amide bonds. The van der Waals surface area contributed by atoms with Crippen LogP contribution >= 0.6 is 0 Å². The van der Waals surface area contributed by atoms with E-state index in [9.17, 15) is 9.18 Å². The molecule has 0 spiro atoms. The van der Waals surface area contributed by atoms with Gasteiger partial charge in [-0.2, -0.15) is 0 Å². The minimum absolute atomic E-state index is 0.00937. The number of rotatable bonds is 4. The highest BCUT2D eigenvalue weighted by Gasteiger charge is 2.19. The first-order chi connectivity index (χ1) is 12.6. The van der Waals surface area contributed by atoms with Crippen molar-refractivity contribution in [2.75, 3.05) is 5.32 Å². The standard InChI is InChI=1S/C22H26FN3O/c1-13-10-17-21(14(2)20(13)26-19(27)12-22(3,4)5)25-18(24-17)11-15-6-8-16(23)9-7-15/h6-10H,11-12H2,1-5H3,(H,24,25)(H,26,27). The van der Waals surface area contributed by atoms with Gasteiger partial charge in [0.25, 0.3) is 0 Å². The summed E-state index contributed by atoms with van der Waals surface area (Å²) in [5.41, 5.74) is 5.50. The lowest BCUT2D eigenvalue weighted by molar-refractivity contribution is -0.117. The van der Waals surface area contributed by atoms with Crippen molar-refractivity contribution in [1.29, 1.82) is 0 Å². The molecule has 4 nitrogen and oxygen atoms in total. The molecule has 2 N–H and O–H groups in total. The normalized spacial score (nSPS) is 11.8. The van der Waals surface area contributed by atoms with Crippen LogP contribution in [0, 0.1) is 25.1 Å². The van der Waals surface area contributed by atoms with Crippen LogP contribution in [0.1, 0.15) is 49.7 Å². The number of amides is 1. The summed E-state index contributed by atoms with van der Waals surface area (Å²) in [6.07, 6.45) is 1.06. The van der Waals surface area contributed by atoms with E-state index in [1.54, 1.807) is 12.1 Å². The molecule has 0 aliphatic rings. The number of aryl methyl sites for hydroxylation is 2. The minimum atomic E-state index is -0.245. The number of fused-ring (bicyclic) bond motifs is 1. The molecule has 0 fully saturated rings. The monoisotopic (exact) mass is 367 g/mol. The van der Waals surface area contributed by atoms with Gasteiger partial charge in [0.15, 0.2) is 0 Å². The summed E-state index contributed by atoms with van der Waals surface area (Å²) in [4.78, 5) is 20.4. The third kappa shape index (κ3) is 4.54. The fourth-order valence-corrected chi connectivity index (χ4v) is 3.27. The molecule has 0 saturated heterocycles. The number of aromatic nitrogens is 2. The van der Waals surface area contributed by atoms with E-state index in [-0.39, 0.29) is 17.1 Å². The van der Waals surface area contributed by atoms with Crippen molar-refractivity contribution in [2.45, 2.75) is 47.5 Å². The molecule has 3 aromatic rings. The van der Waals surface area contributed by atoms with Gasteiger partial charge in [-0.3, -0.25) is 4.79 Å². The molecule has 0 atom stereocenters. The van der Waals surface area contributed by atoms with Crippen molar-refractivity contribution in [3.63, 3.8) is 0 Å². The summed E-state index contributed by atoms with van der Waals surface area (Å²) in [6, 6.07) is 8.44. The first-order valence-electron chi connectivity index (χ1n) is 9.15. The van der Waals surface area contributed by atoms with Gasteiger partial charge in [0.1, 0.15) is 11.6 Å². The average molecular weight is 367 g/mol. The number of carbonyl (C=O) groups is 1. The van der Waals surface area contributed by atoms with Gasteiger partial charge in [-0.25, -0.2) is 9.37 Å². The zero-order chi connectivity index (χ0) is 19.8. The minimum Gasteiger partial charge on any atom is -0.342 e. The van der Waals surface area contributed by atoms with Crippen molar-refractivity contribution in [1.82, 2.24) is 9.97 Å². The van der Waals surface area contributed by atoms with Crippen LogP contribution < -0.4 is 5.32 Å². The number of imidazole rings is 1. The molecular formula is C22H26FN3O. The fraction of sp³-hybridized carbons (Fsp3) is 0.364. The molecule has 5 heteroatoms. The third-order valence-electron chi connectivity index (χ3n) is 4.51. The Balaban J connectivity index is 1.89. The number of H-pyrrole nitrogens is 1. The molecule has 2 aromatic carbocycles. The topological polar surface area (TPSA) is 57.8 Å². The predicted octanol–water partition coefficient (Wildman–Crippen LogP) is 5.28. The Bertz CT molecular complexity index is 981. The van der Waals surface area contributed by atoms with Crippen LogP contribution in [0.5, 0.6) is 0 Å². The molecule has 0 radical (unpaired) electrons. The molecule has 3 rings (SSSR count). The molecule has 1 aromatic heterocycles. The Kier molecular flexibility index (Phi) is 5.05. The Labute approximate surface area is 159 Å². The molecule has 27 heavy (non-hydrogen) atoms. The summed E-state index contributed by atoms with van der Waals surface area (Å²) in [7, 11) is 0. The van der Waals surface area contributed by atoms with Crippen molar-refractivity contribution < 1.29 is 9.18 Å². The summed E-state index contributed by atoms with van der Waals surface area (Å²) in [5.74, 6) is 0.581. The molecule has 0 saturated carbocycles. The average Bonchev–Trinajstić information content (AvgIpc) is 2.94. The van der Waals surface area contributed by atoms with Crippen LogP contribution in [0.2, 0.25) is 0 Å². The molecule has 0 aliphatic heterocycles. The van der Waals surface area contributed by atoms with Crippen LogP contribution in [-0.2, 0) is 11.2 Å². The van der Waals surface area contributed by atoms with Crippen LogP contribution in [0.3, 0.4) is 0 Å². The summed E-state index contributed by atoms with van der Waals surface area (Å²) < 4.78 is 13.1. The van der Waals surface area contributed by atoms with E-state index in [0.29, 0.717) is 12.8 Å². The van der Waals surface area contributed by atoms with Crippen molar-refractivity contribution in [2.24, 2.45) is 5.41 Å². The van der Waals surface area contributed by atoms with E-state index in [2.05, 4.69) is 10.3 Å². The van der Waals surface area contributed by atoms with Crippen LogP contribution in [-0.4, -0.2) is 15.9 Å². The van der Waals surface area contributed by atoms with E-state index in [0.717, 1.165) is 39.2 Å². The van der Waals surface area contributed by atoms with Gasteiger partial charge >= 0.3 is 0 Å². The van der Waals surface area contributed by atoms with Gasteiger partial charge in [-0.05, 0) is 48.6 Å². The van der Waals surface area contributed by atoms with Crippen molar-refractivity contribution in [3.05, 3.63) is 58.7 Å². The largest absolute Gasteiger partial charge is 0.342 e. The van der Waals surface area contributed by atoms with Gasteiger partial charge in [-0.15, -0.1) is 0 Å². The number of carbonyl (C=O) groups excluding carboxylic acids is 1. The zero-order valence-electron chi connectivity index (χ0n) is 16.5. The maximum Gasteiger partial charge on any atom is 0.224 e. The van der Waals surface area contributed by atoms with Gasteiger partial charge < -0.3 is 10.3 Å². The maximum absolute atomic E-state index is 13.1. The highest BCUT2D eigenvalue weighted by atomic mass is 19.1. The first kappa shape index (κ1) is 19.1. The Morgan fingerprint density at radius 1 is 1.19 bits per heavy atom. The highest BCUT2D eigenvalue weighted by molar-refractivity contribution is 5.96. The number of halogens is 1. The second-order valence-corrected chi connectivity index (χ2v) is 8.36. The summed E-state index contributed by atoms with van der Waals surface area (Å²) >= 11 is 0. The van der Waals surface area contributed by atoms with E-state index < -0.39 is 0 Å². The highest BCUT2D eigenvalue weighted by Crippen LogP contribution is 2.29. The van der Waals surface area contributed by atoms with Gasteiger partial charge in [0.2, 0.25) is 5.91 Å². The molecule has 0 unspecified atom stereocenters. The Hall–Kier alpha value is -2.69. The second kappa shape index (κ2) is 7.14. The fourth-order valence-electron chi connectivity index (χ4n) is 3.27. The number of hydrogen-bond acceptors (Lipinski definition) is 2. The summed E-state index contributed by atoms with van der Waals surface area (Å²) in [6.45, 7) is 10.1. The predicted molar refractivity (Wildman–Crippen MR) is 107 cm³/mol. The Morgan fingerprint density at radius 3 is 2.48 bits per heavy atom. The number of hydrogen-bond donors (Lipinski definition) is 2. The molecule has 0 bridgehead atoms. The number of nitrogens with one attached hydrogen (secondary N) is 2. The van der Waals surface area contributed by atoms with E-state index in [1.165, 1.54) is 12.1 Å². The smallest absolute Gasteiger partial charge is 0.224 e. The van der Waals surface area contributed by atoms with Crippen LogP contribution in [0.4, 0.5) is 10.1 Å². The van der Waals surface area contributed by atoms with Crippen LogP contribution in [0.15, 0.2) is 30.3 Å². The SMILES string of the molecule is Cc1cc2[nH]c(Cc3ccc(F)cc3)nc2c(C)c1NC(=O)CC(C)(C)C. The van der Waals surface area contributed by atoms with Gasteiger partial charge in [0, 0.05) is 24.1 Å². The van der Waals surface area contributed by atoms with E-state index in [4.69, 9.17) is 4.98 Å². The number of benzene rings is 2. The van der Waals surface area contributed by atoms with Crippen molar-refractivity contribution >= 4 is 22.6 Å². The Morgan fingerprint density at radius 2 is 1.85 bits per heavy atom. The number of nitrogens with zero attached hydrogens (tertiary/aromatic N) is 1. The quantitative estimate of drug-likeness (QED) is 0.659. The summed E-state index contributed by atoms with van der Waals surface area (Å²) in [5, 5.41) is 3.06. The van der Waals surface area contributed by atoms with E-state index in [1.807, 2.05) is 40.7 Å².